The van der Waals surface area contributed by atoms with Crippen LogP contribution in [0.3, 0.4) is 0 Å². The SMILES string of the molecule is C=CCCC(CC)NC(CCC)C(=O)O. The van der Waals surface area contributed by atoms with Gasteiger partial charge in [0.05, 0.1) is 0 Å². The van der Waals surface area contributed by atoms with Gasteiger partial charge in [-0.3, -0.25) is 4.79 Å². The Balaban J connectivity index is 4.08. The van der Waals surface area contributed by atoms with Crippen molar-refractivity contribution in [2.45, 2.75) is 58.0 Å². The molecule has 0 aliphatic rings. The van der Waals surface area contributed by atoms with E-state index in [1.54, 1.807) is 0 Å². The molecule has 0 saturated heterocycles. The first-order valence-electron chi connectivity index (χ1n) is 5.75. The first kappa shape index (κ1) is 14.2. The van der Waals surface area contributed by atoms with Gasteiger partial charge in [0, 0.05) is 6.04 Å². The van der Waals surface area contributed by atoms with Gasteiger partial charge in [-0.25, -0.2) is 0 Å². The van der Waals surface area contributed by atoms with Crippen LogP contribution >= 0.6 is 0 Å². The second-order valence-corrected chi connectivity index (χ2v) is 3.82. The van der Waals surface area contributed by atoms with Gasteiger partial charge in [-0.15, -0.1) is 6.58 Å². The van der Waals surface area contributed by atoms with Crippen molar-refractivity contribution in [2.24, 2.45) is 0 Å². The van der Waals surface area contributed by atoms with Gasteiger partial charge in [-0.1, -0.05) is 26.3 Å². The van der Waals surface area contributed by atoms with Gasteiger partial charge in [-0.2, -0.15) is 0 Å². The summed E-state index contributed by atoms with van der Waals surface area (Å²) in [5, 5.41) is 12.2. The summed E-state index contributed by atoms with van der Waals surface area (Å²) >= 11 is 0. The molecule has 88 valence electrons. The second kappa shape index (κ2) is 8.48. The molecule has 0 radical (unpaired) electrons. The van der Waals surface area contributed by atoms with E-state index in [0.29, 0.717) is 6.42 Å². The van der Waals surface area contributed by atoms with E-state index < -0.39 is 12.0 Å². The minimum absolute atomic E-state index is 0.288. The zero-order valence-corrected chi connectivity index (χ0v) is 9.83. The topological polar surface area (TPSA) is 49.3 Å². The molecular weight excluding hydrogens is 190 g/mol. The number of hydrogen-bond acceptors (Lipinski definition) is 2. The first-order chi connectivity index (χ1) is 7.15. The lowest BCUT2D eigenvalue weighted by Crippen LogP contribution is -2.43. The maximum atomic E-state index is 10.9. The summed E-state index contributed by atoms with van der Waals surface area (Å²) in [5.74, 6) is -0.742. The Morgan fingerprint density at radius 3 is 2.53 bits per heavy atom. The molecule has 2 atom stereocenters. The van der Waals surface area contributed by atoms with E-state index in [1.165, 1.54) is 0 Å². The third kappa shape index (κ3) is 6.28. The molecule has 0 fully saturated rings. The molecular formula is C12H23NO2. The van der Waals surface area contributed by atoms with Gasteiger partial charge in [0.2, 0.25) is 0 Å². The van der Waals surface area contributed by atoms with Gasteiger partial charge in [0.1, 0.15) is 6.04 Å². The van der Waals surface area contributed by atoms with Crippen molar-refractivity contribution in [1.82, 2.24) is 5.32 Å². The van der Waals surface area contributed by atoms with Crippen molar-refractivity contribution in [3.63, 3.8) is 0 Å². The number of aliphatic carboxylic acids is 1. The molecule has 0 spiro atoms. The summed E-state index contributed by atoms with van der Waals surface area (Å²) < 4.78 is 0. The van der Waals surface area contributed by atoms with Crippen LogP contribution < -0.4 is 5.32 Å². The van der Waals surface area contributed by atoms with E-state index in [4.69, 9.17) is 5.11 Å². The molecule has 0 rings (SSSR count). The Kier molecular flexibility index (Phi) is 8.01. The minimum Gasteiger partial charge on any atom is -0.480 e. The zero-order chi connectivity index (χ0) is 11.7. The highest BCUT2D eigenvalue weighted by Gasteiger charge is 2.18. The van der Waals surface area contributed by atoms with E-state index in [9.17, 15) is 4.79 Å². The largest absolute Gasteiger partial charge is 0.480 e. The van der Waals surface area contributed by atoms with Crippen LogP contribution in [0.5, 0.6) is 0 Å². The third-order valence-electron chi connectivity index (χ3n) is 2.52. The van der Waals surface area contributed by atoms with E-state index in [-0.39, 0.29) is 6.04 Å². The molecule has 0 amide bonds. The van der Waals surface area contributed by atoms with Crippen LogP contribution in [-0.4, -0.2) is 23.2 Å². The van der Waals surface area contributed by atoms with Crippen molar-refractivity contribution < 1.29 is 9.90 Å². The predicted octanol–water partition coefficient (Wildman–Crippen LogP) is 2.57. The normalized spacial score (nSPS) is 14.5. The Morgan fingerprint density at radius 1 is 1.47 bits per heavy atom. The molecule has 0 aromatic carbocycles. The van der Waals surface area contributed by atoms with E-state index in [0.717, 1.165) is 25.7 Å². The average Bonchev–Trinajstić information content (AvgIpc) is 2.22. The first-order valence-corrected chi connectivity index (χ1v) is 5.75. The van der Waals surface area contributed by atoms with Gasteiger partial charge in [-0.05, 0) is 25.7 Å². The molecule has 0 bridgehead atoms. The smallest absolute Gasteiger partial charge is 0.320 e. The molecule has 2 N–H and O–H groups in total. The lowest BCUT2D eigenvalue weighted by Gasteiger charge is -2.21. The minimum atomic E-state index is -0.742. The van der Waals surface area contributed by atoms with Crippen molar-refractivity contribution >= 4 is 5.97 Å². The number of carboxylic acid groups (broad SMARTS) is 1. The molecule has 0 aromatic rings. The maximum absolute atomic E-state index is 10.9. The molecule has 0 saturated carbocycles. The van der Waals surface area contributed by atoms with Crippen LogP contribution in [0.15, 0.2) is 12.7 Å². The fourth-order valence-corrected chi connectivity index (χ4v) is 1.58. The van der Waals surface area contributed by atoms with Crippen molar-refractivity contribution in [2.75, 3.05) is 0 Å². The lowest BCUT2D eigenvalue weighted by atomic mass is 10.1. The Bertz CT molecular complexity index is 192. The van der Waals surface area contributed by atoms with Crippen LogP contribution in [0.4, 0.5) is 0 Å². The van der Waals surface area contributed by atoms with E-state index >= 15 is 0 Å². The highest BCUT2D eigenvalue weighted by molar-refractivity contribution is 5.73. The Labute approximate surface area is 92.6 Å². The van der Waals surface area contributed by atoms with E-state index in [2.05, 4.69) is 18.8 Å². The number of allylic oxidation sites excluding steroid dienone is 1. The molecule has 15 heavy (non-hydrogen) atoms. The third-order valence-corrected chi connectivity index (χ3v) is 2.52. The summed E-state index contributed by atoms with van der Waals surface area (Å²) in [6.45, 7) is 7.75. The molecule has 3 nitrogen and oxygen atoms in total. The van der Waals surface area contributed by atoms with Crippen LogP contribution in [-0.2, 0) is 4.79 Å². The number of hydrogen-bond donors (Lipinski definition) is 2. The summed E-state index contributed by atoms with van der Waals surface area (Å²) in [7, 11) is 0. The summed E-state index contributed by atoms with van der Waals surface area (Å²) in [5.41, 5.74) is 0. The Morgan fingerprint density at radius 2 is 2.13 bits per heavy atom. The number of carboxylic acids is 1. The summed E-state index contributed by atoms with van der Waals surface area (Å²) in [4.78, 5) is 10.9. The maximum Gasteiger partial charge on any atom is 0.320 e. The lowest BCUT2D eigenvalue weighted by molar-refractivity contribution is -0.139. The second-order valence-electron chi connectivity index (χ2n) is 3.82. The number of nitrogens with one attached hydrogen (secondary N) is 1. The van der Waals surface area contributed by atoms with Crippen LogP contribution in [0.1, 0.15) is 46.0 Å². The number of rotatable bonds is 9. The van der Waals surface area contributed by atoms with Gasteiger partial charge < -0.3 is 10.4 Å². The summed E-state index contributed by atoms with van der Waals surface area (Å²) in [6, 6.07) is -0.111. The van der Waals surface area contributed by atoms with Crippen LogP contribution in [0.25, 0.3) is 0 Å². The molecule has 0 heterocycles. The van der Waals surface area contributed by atoms with Crippen LogP contribution in [0, 0.1) is 0 Å². The molecule has 2 unspecified atom stereocenters. The van der Waals surface area contributed by atoms with Gasteiger partial charge in [0.25, 0.3) is 0 Å². The zero-order valence-electron chi connectivity index (χ0n) is 9.83. The quantitative estimate of drug-likeness (QED) is 0.579. The van der Waals surface area contributed by atoms with Crippen molar-refractivity contribution in [3.05, 3.63) is 12.7 Å². The van der Waals surface area contributed by atoms with Crippen LogP contribution in [0.2, 0.25) is 0 Å². The molecule has 3 heteroatoms. The standard InChI is InChI=1S/C12H23NO2/c1-4-7-9-10(6-3)13-11(8-5-2)12(14)15/h4,10-11,13H,1,5-9H2,2-3H3,(H,14,15). The van der Waals surface area contributed by atoms with Gasteiger partial charge in [0.15, 0.2) is 0 Å². The monoisotopic (exact) mass is 213 g/mol. The molecule has 0 aromatic heterocycles. The number of carbonyl (C=O) groups is 1. The predicted molar refractivity (Wildman–Crippen MR) is 63.0 cm³/mol. The highest BCUT2D eigenvalue weighted by Crippen LogP contribution is 2.06. The highest BCUT2D eigenvalue weighted by atomic mass is 16.4. The van der Waals surface area contributed by atoms with Crippen molar-refractivity contribution in [3.8, 4) is 0 Å². The van der Waals surface area contributed by atoms with Gasteiger partial charge >= 0.3 is 5.97 Å². The fourth-order valence-electron chi connectivity index (χ4n) is 1.58. The Hall–Kier alpha value is -0.830. The van der Waals surface area contributed by atoms with Crippen molar-refractivity contribution in [1.29, 1.82) is 0 Å². The fraction of sp³-hybridized carbons (Fsp3) is 0.750. The summed E-state index contributed by atoms with van der Waals surface area (Å²) in [6.07, 6.45) is 6.32. The molecule has 0 aliphatic carbocycles. The average molecular weight is 213 g/mol. The molecule has 0 aliphatic heterocycles. The van der Waals surface area contributed by atoms with E-state index in [1.807, 2.05) is 13.0 Å².